The number of ether oxygens (including phenoxy) is 2. The van der Waals surface area contributed by atoms with E-state index in [0.717, 1.165) is 12.8 Å². The first-order valence-electron chi connectivity index (χ1n) is 8.40. The summed E-state index contributed by atoms with van der Waals surface area (Å²) in [7, 11) is 0. The molecular weight excluding hydrogens is 302 g/mol. The zero-order chi connectivity index (χ0) is 17.4. The van der Waals surface area contributed by atoms with Gasteiger partial charge in [-0.1, -0.05) is 37.6 Å². The van der Waals surface area contributed by atoms with Crippen LogP contribution in [0.5, 0.6) is 11.5 Å². The van der Waals surface area contributed by atoms with Gasteiger partial charge in [0.25, 0.3) is 5.91 Å². The molecule has 2 aromatic carbocycles. The van der Waals surface area contributed by atoms with Gasteiger partial charge in [-0.05, 0) is 44.5 Å². The van der Waals surface area contributed by atoms with Crippen LogP contribution in [-0.2, 0) is 0 Å². The minimum Gasteiger partial charge on any atom is -0.491 e. The van der Waals surface area contributed by atoms with Crippen molar-refractivity contribution < 1.29 is 14.3 Å². The van der Waals surface area contributed by atoms with Crippen LogP contribution in [0.15, 0.2) is 48.5 Å². The Kier molecular flexibility index (Phi) is 6.67. The topological polar surface area (TPSA) is 47.6 Å². The maximum absolute atomic E-state index is 12.7. The van der Waals surface area contributed by atoms with E-state index >= 15 is 0 Å². The number of anilines is 1. The number of carbonyl (C=O) groups is 1. The summed E-state index contributed by atoms with van der Waals surface area (Å²) in [5, 5.41) is 2.92. The van der Waals surface area contributed by atoms with Crippen molar-refractivity contribution in [2.24, 2.45) is 0 Å². The van der Waals surface area contributed by atoms with Crippen molar-refractivity contribution in [2.75, 3.05) is 11.9 Å². The third-order valence-electron chi connectivity index (χ3n) is 3.39. The normalized spacial score (nSPS) is 10.5. The minimum absolute atomic E-state index is 0.00335. The molecule has 0 bridgehead atoms. The maximum atomic E-state index is 12.7. The van der Waals surface area contributed by atoms with Crippen LogP contribution in [-0.4, -0.2) is 18.6 Å². The number of unbranched alkanes of at least 4 members (excludes halogenated alkanes) is 1. The zero-order valence-electron chi connectivity index (χ0n) is 14.5. The molecule has 0 heterocycles. The lowest BCUT2D eigenvalue weighted by Gasteiger charge is -2.15. The molecule has 0 aliphatic heterocycles. The highest BCUT2D eigenvalue weighted by Crippen LogP contribution is 2.26. The molecule has 0 atom stereocenters. The van der Waals surface area contributed by atoms with Crippen LogP contribution < -0.4 is 14.8 Å². The number of rotatable bonds is 8. The zero-order valence-corrected chi connectivity index (χ0v) is 14.5. The average Bonchev–Trinajstić information content (AvgIpc) is 2.56. The molecule has 0 aliphatic carbocycles. The molecule has 1 N–H and O–H groups in total. The Morgan fingerprint density at radius 1 is 1.04 bits per heavy atom. The predicted molar refractivity (Wildman–Crippen MR) is 97.0 cm³/mol. The van der Waals surface area contributed by atoms with Crippen LogP contribution in [0, 0.1) is 0 Å². The number of amides is 1. The molecule has 128 valence electrons. The van der Waals surface area contributed by atoms with Crippen LogP contribution in [0.2, 0.25) is 0 Å². The molecule has 0 saturated carbocycles. The quantitative estimate of drug-likeness (QED) is 0.701. The van der Waals surface area contributed by atoms with Gasteiger partial charge in [-0.2, -0.15) is 0 Å². The van der Waals surface area contributed by atoms with Crippen molar-refractivity contribution >= 4 is 11.6 Å². The van der Waals surface area contributed by atoms with Gasteiger partial charge in [-0.25, -0.2) is 0 Å². The molecule has 0 spiro atoms. The first-order chi connectivity index (χ1) is 11.6. The van der Waals surface area contributed by atoms with Gasteiger partial charge < -0.3 is 14.8 Å². The highest BCUT2D eigenvalue weighted by atomic mass is 16.5. The van der Waals surface area contributed by atoms with Crippen LogP contribution in [0.25, 0.3) is 0 Å². The molecule has 0 unspecified atom stereocenters. The van der Waals surface area contributed by atoms with Crippen molar-refractivity contribution in [3.05, 3.63) is 54.1 Å². The molecule has 0 radical (unpaired) electrons. The average molecular weight is 327 g/mol. The van der Waals surface area contributed by atoms with E-state index < -0.39 is 0 Å². The van der Waals surface area contributed by atoms with Gasteiger partial charge in [-0.15, -0.1) is 0 Å². The molecule has 2 aromatic rings. The summed E-state index contributed by atoms with van der Waals surface area (Å²) in [6.07, 6.45) is 2.05. The van der Waals surface area contributed by atoms with Crippen LogP contribution in [0.1, 0.15) is 44.0 Å². The van der Waals surface area contributed by atoms with Crippen molar-refractivity contribution in [3.8, 4) is 11.5 Å². The van der Waals surface area contributed by atoms with Crippen LogP contribution >= 0.6 is 0 Å². The van der Waals surface area contributed by atoms with Gasteiger partial charge in [0, 0.05) is 0 Å². The van der Waals surface area contributed by atoms with E-state index in [2.05, 4.69) is 12.2 Å². The number of carbonyl (C=O) groups excluding carboxylic acids is 1. The molecule has 0 aromatic heterocycles. The van der Waals surface area contributed by atoms with Crippen molar-refractivity contribution in [1.82, 2.24) is 0 Å². The van der Waals surface area contributed by atoms with Crippen molar-refractivity contribution in [2.45, 2.75) is 39.7 Å². The highest BCUT2D eigenvalue weighted by molar-refractivity contribution is 6.06. The second-order valence-corrected chi connectivity index (χ2v) is 5.82. The minimum atomic E-state index is -0.210. The molecule has 0 fully saturated rings. The summed E-state index contributed by atoms with van der Waals surface area (Å²) in [5.74, 6) is 1.05. The number of benzene rings is 2. The molecule has 24 heavy (non-hydrogen) atoms. The number of hydrogen-bond acceptors (Lipinski definition) is 3. The number of hydrogen-bond donors (Lipinski definition) is 1. The standard InChI is InChI=1S/C20H25NO3/c1-4-5-14-23-19-13-9-7-11-17(19)21-20(22)16-10-6-8-12-18(16)24-15(2)3/h6-13,15H,4-5,14H2,1-3H3,(H,21,22). The largest absolute Gasteiger partial charge is 0.491 e. The van der Waals surface area contributed by atoms with Gasteiger partial charge in [0.2, 0.25) is 0 Å². The second kappa shape index (κ2) is 8.96. The molecule has 0 saturated heterocycles. The Bertz CT molecular complexity index is 667. The van der Waals surface area contributed by atoms with E-state index in [1.54, 1.807) is 12.1 Å². The Labute approximate surface area is 143 Å². The van der Waals surface area contributed by atoms with Crippen molar-refractivity contribution in [3.63, 3.8) is 0 Å². The van der Waals surface area contributed by atoms with E-state index in [1.165, 1.54) is 0 Å². The second-order valence-electron chi connectivity index (χ2n) is 5.82. The fourth-order valence-corrected chi connectivity index (χ4v) is 2.22. The van der Waals surface area contributed by atoms with Gasteiger partial charge >= 0.3 is 0 Å². The van der Waals surface area contributed by atoms with E-state index in [1.807, 2.05) is 50.2 Å². The number of para-hydroxylation sites is 3. The lowest BCUT2D eigenvalue weighted by Crippen LogP contribution is -2.16. The van der Waals surface area contributed by atoms with Gasteiger partial charge in [-0.3, -0.25) is 4.79 Å². The summed E-state index contributed by atoms with van der Waals surface area (Å²) in [4.78, 5) is 12.7. The maximum Gasteiger partial charge on any atom is 0.259 e. The summed E-state index contributed by atoms with van der Waals surface area (Å²) < 4.78 is 11.5. The molecule has 0 aliphatic rings. The smallest absolute Gasteiger partial charge is 0.259 e. The Hall–Kier alpha value is -2.49. The highest BCUT2D eigenvalue weighted by Gasteiger charge is 2.15. The van der Waals surface area contributed by atoms with Crippen LogP contribution in [0.3, 0.4) is 0 Å². The third-order valence-corrected chi connectivity index (χ3v) is 3.39. The molecule has 4 nitrogen and oxygen atoms in total. The monoisotopic (exact) mass is 327 g/mol. The van der Waals surface area contributed by atoms with E-state index in [0.29, 0.717) is 29.4 Å². The Morgan fingerprint density at radius 2 is 1.71 bits per heavy atom. The molecule has 1 amide bonds. The van der Waals surface area contributed by atoms with E-state index in [9.17, 15) is 4.79 Å². The summed E-state index contributed by atoms with van der Waals surface area (Å²) in [5.41, 5.74) is 1.17. The van der Waals surface area contributed by atoms with Crippen molar-refractivity contribution in [1.29, 1.82) is 0 Å². The predicted octanol–water partition coefficient (Wildman–Crippen LogP) is 4.91. The summed E-state index contributed by atoms with van der Waals surface area (Å²) >= 11 is 0. The Balaban J connectivity index is 2.15. The van der Waals surface area contributed by atoms with Gasteiger partial charge in [0.15, 0.2) is 0 Å². The molecular formula is C20H25NO3. The fourth-order valence-electron chi connectivity index (χ4n) is 2.22. The first-order valence-corrected chi connectivity index (χ1v) is 8.40. The van der Waals surface area contributed by atoms with E-state index in [-0.39, 0.29) is 12.0 Å². The van der Waals surface area contributed by atoms with Gasteiger partial charge in [0.05, 0.1) is 24.0 Å². The summed E-state index contributed by atoms with van der Waals surface area (Å²) in [6.45, 7) is 6.62. The SMILES string of the molecule is CCCCOc1ccccc1NC(=O)c1ccccc1OC(C)C. The molecule has 4 heteroatoms. The first kappa shape index (κ1) is 17.9. The van der Waals surface area contributed by atoms with Gasteiger partial charge in [0.1, 0.15) is 11.5 Å². The molecule has 2 rings (SSSR count). The third kappa shape index (κ3) is 5.01. The van der Waals surface area contributed by atoms with E-state index in [4.69, 9.17) is 9.47 Å². The Morgan fingerprint density at radius 3 is 2.42 bits per heavy atom. The number of nitrogens with one attached hydrogen (secondary N) is 1. The summed E-state index contributed by atoms with van der Waals surface area (Å²) in [6, 6.07) is 14.7. The fraction of sp³-hybridized carbons (Fsp3) is 0.350. The lowest BCUT2D eigenvalue weighted by atomic mass is 10.1. The lowest BCUT2D eigenvalue weighted by molar-refractivity contribution is 0.102. The van der Waals surface area contributed by atoms with Crippen LogP contribution in [0.4, 0.5) is 5.69 Å².